The van der Waals surface area contributed by atoms with Crippen molar-refractivity contribution in [2.24, 2.45) is 0 Å². The van der Waals surface area contributed by atoms with Gasteiger partial charge in [0.1, 0.15) is 6.10 Å². The number of carbonyl (C=O) groups excluding carboxylic acids is 1. The number of sulfonamides is 1. The molecule has 1 amide bonds. The SMILES string of the molecule is C=C=C[C@H](CC)OC(=O)NS(=O)(=O)c1ccc(C)cc1. The number of amides is 1. The Morgan fingerprint density at radius 3 is 2.55 bits per heavy atom. The second kappa shape index (κ2) is 6.93. The summed E-state index contributed by atoms with van der Waals surface area (Å²) in [6.07, 6.45) is 0.378. The minimum atomic E-state index is -3.92. The Kier molecular flexibility index (Phi) is 5.55. The summed E-state index contributed by atoms with van der Waals surface area (Å²) in [4.78, 5) is 11.6. The molecule has 1 aromatic carbocycles. The summed E-state index contributed by atoms with van der Waals surface area (Å²) in [5.74, 6) is 0. The number of aryl methyl sites for hydroxylation is 1. The first-order valence-corrected chi connectivity index (χ1v) is 7.53. The normalized spacial score (nSPS) is 12.1. The minimum absolute atomic E-state index is 0.00682. The van der Waals surface area contributed by atoms with Gasteiger partial charge in [-0.3, -0.25) is 0 Å². The number of nitrogens with one attached hydrogen (secondary N) is 1. The Morgan fingerprint density at radius 1 is 1.45 bits per heavy atom. The summed E-state index contributed by atoms with van der Waals surface area (Å²) in [6.45, 7) is 7.01. The molecular weight excluding hydrogens is 278 g/mol. The van der Waals surface area contributed by atoms with Gasteiger partial charge in [0.15, 0.2) is 0 Å². The quantitative estimate of drug-likeness (QED) is 0.847. The molecule has 0 heterocycles. The highest BCUT2D eigenvalue weighted by atomic mass is 32.2. The Bertz CT molecular complexity index is 613. The molecule has 0 spiro atoms. The summed E-state index contributed by atoms with van der Waals surface area (Å²) in [5, 5.41) is 0. The fourth-order valence-electron chi connectivity index (χ4n) is 1.41. The zero-order valence-electron chi connectivity index (χ0n) is 11.4. The third kappa shape index (κ3) is 4.57. The lowest BCUT2D eigenvalue weighted by Crippen LogP contribution is -2.33. The van der Waals surface area contributed by atoms with Crippen LogP contribution in [-0.4, -0.2) is 20.6 Å². The summed E-state index contributed by atoms with van der Waals surface area (Å²) in [7, 11) is -3.92. The van der Waals surface area contributed by atoms with Gasteiger partial charge in [-0.25, -0.2) is 17.9 Å². The molecule has 1 rings (SSSR count). The van der Waals surface area contributed by atoms with Gasteiger partial charge in [0, 0.05) is 0 Å². The van der Waals surface area contributed by atoms with Gasteiger partial charge in [-0.2, -0.15) is 0 Å². The number of hydrogen-bond acceptors (Lipinski definition) is 4. The van der Waals surface area contributed by atoms with Crippen LogP contribution in [0, 0.1) is 6.92 Å². The molecule has 0 aliphatic carbocycles. The van der Waals surface area contributed by atoms with Crippen LogP contribution in [0.25, 0.3) is 0 Å². The number of benzene rings is 1. The van der Waals surface area contributed by atoms with Gasteiger partial charge < -0.3 is 4.74 Å². The molecule has 108 valence electrons. The molecule has 0 bridgehead atoms. The van der Waals surface area contributed by atoms with Crippen LogP contribution in [0.15, 0.2) is 47.5 Å². The van der Waals surface area contributed by atoms with E-state index in [4.69, 9.17) is 4.74 Å². The van der Waals surface area contributed by atoms with E-state index in [1.807, 2.05) is 11.6 Å². The van der Waals surface area contributed by atoms with E-state index >= 15 is 0 Å². The maximum absolute atomic E-state index is 11.9. The molecular formula is C14H17NO4S. The molecule has 0 radical (unpaired) electrons. The lowest BCUT2D eigenvalue weighted by atomic mass is 10.2. The topological polar surface area (TPSA) is 72.5 Å². The highest BCUT2D eigenvalue weighted by Gasteiger charge is 2.19. The zero-order chi connectivity index (χ0) is 15.2. The summed E-state index contributed by atoms with van der Waals surface area (Å²) < 4.78 is 30.7. The first-order valence-electron chi connectivity index (χ1n) is 6.05. The number of ether oxygens (including phenoxy) is 1. The standard InChI is InChI=1S/C14H17NO4S/c1-4-6-12(5-2)19-14(16)15-20(17,18)13-9-7-11(3)8-10-13/h6-10,12H,1,5H2,2-3H3,(H,15,16)/t12-/m0/s1. The zero-order valence-corrected chi connectivity index (χ0v) is 12.2. The molecule has 0 aliphatic heterocycles. The monoisotopic (exact) mass is 295 g/mol. The smallest absolute Gasteiger partial charge is 0.421 e. The molecule has 1 atom stereocenters. The first kappa shape index (κ1) is 16.0. The Morgan fingerprint density at radius 2 is 2.05 bits per heavy atom. The maximum atomic E-state index is 11.9. The molecule has 20 heavy (non-hydrogen) atoms. The fraction of sp³-hybridized carbons (Fsp3) is 0.286. The van der Waals surface area contributed by atoms with Gasteiger partial charge in [-0.1, -0.05) is 31.2 Å². The average molecular weight is 295 g/mol. The Balaban J connectivity index is 2.78. The molecule has 0 aliphatic rings. The van der Waals surface area contributed by atoms with E-state index in [1.54, 1.807) is 19.1 Å². The fourth-order valence-corrected chi connectivity index (χ4v) is 2.29. The van der Waals surface area contributed by atoms with Crippen molar-refractivity contribution in [3.63, 3.8) is 0 Å². The third-order valence-electron chi connectivity index (χ3n) is 2.51. The Labute approximate surface area is 119 Å². The van der Waals surface area contributed by atoms with Crippen molar-refractivity contribution in [2.45, 2.75) is 31.3 Å². The lowest BCUT2D eigenvalue weighted by molar-refractivity contribution is 0.123. The van der Waals surface area contributed by atoms with Crippen molar-refractivity contribution in [1.82, 2.24) is 4.72 Å². The van der Waals surface area contributed by atoms with Crippen LogP contribution in [0.5, 0.6) is 0 Å². The lowest BCUT2D eigenvalue weighted by Gasteiger charge is -2.12. The van der Waals surface area contributed by atoms with Crippen LogP contribution >= 0.6 is 0 Å². The van der Waals surface area contributed by atoms with Gasteiger partial charge >= 0.3 is 6.09 Å². The predicted octanol–water partition coefficient (Wildman–Crippen LogP) is 2.53. The van der Waals surface area contributed by atoms with Crippen molar-refractivity contribution in [1.29, 1.82) is 0 Å². The molecule has 0 unspecified atom stereocenters. The van der Waals surface area contributed by atoms with Crippen molar-refractivity contribution >= 4 is 16.1 Å². The third-order valence-corrected chi connectivity index (χ3v) is 3.84. The highest BCUT2D eigenvalue weighted by Crippen LogP contribution is 2.10. The highest BCUT2D eigenvalue weighted by molar-refractivity contribution is 7.90. The van der Waals surface area contributed by atoms with Crippen LogP contribution in [-0.2, 0) is 14.8 Å². The van der Waals surface area contributed by atoms with Gasteiger partial charge in [-0.15, -0.1) is 5.73 Å². The van der Waals surface area contributed by atoms with Crippen molar-refractivity contribution in [2.75, 3.05) is 0 Å². The van der Waals surface area contributed by atoms with Crippen LogP contribution < -0.4 is 4.72 Å². The minimum Gasteiger partial charge on any atom is -0.441 e. The number of carbonyl (C=O) groups is 1. The molecule has 5 nitrogen and oxygen atoms in total. The molecule has 0 fully saturated rings. The van der Waals surface area contributed by atoms with Gasteiger partial charge in [0.2, 0.25) is 0 Å². The van der Waals surface area contributed by atoms with Crippen LogP contribution in [0.4, 0.5) is 4.79 Å². The van der Waals surface area contributed by atoms with E-state index in [2.05, 4.69) is 12.3 Å². The van der Waals surface area contributed by atoms with Crippen molar-refractivity contribution in [3.8, 4) is 0 Å². The molecule has 6 heteroatoms. The van der Waals surface area contributed by atoms with Crippen LogP contribution in [0.3, 0.4) is 0 Å². The summed E-state index contributed by atoms with van der Waals surface area (Å²) in [6, 6.07) is 6.14. The molecule has 1 aromatic rings. The van der Waals surface area contributed by atoms with E-state index in [0.717, 1.165) is 5.56 Å². The van der Waals surface area contributed by atoms with E-state index in [-0.39, 0.29) is 4.90 Å². The molecule has 0 saturated heterocycles. The predicted molar refractivity (Wildman–Crippen MR) is 75.8 cm³/mol. The van der Waals surface area contributed by atoms with Crippen molar-refractivity contribution < 1.29 is 17.9 Å². The van der Waals surface area contributed by atoms with E-state index < -0.39 is 22.2 Å². The second-order valence-corrected chi connectivity index (χ2v) is 5.82. The van der Waals surface area contributed by atoms with E-state index in [0.29, 0.717) is 6.42 Å². The van der Waals surface area contributed by atoms with E-state index in [1.165, 1.54) is 18.2 Å². The van der Waals surface area contributed by atoms with Gasteiger partial charge in [0.25, 0.3) is 10.0 Å². The van der Waals surface area contributed by atoms with Crippen LogP contribution in [0.2, 0.25) is 0 Å². The van der Waals surface area contributed by atoms with E-state index in [9.17, 15) is 13.2 Å². The molecule has 0 saturated carbocycles. The number of rotatable bonds is 5. The summed E-state index contributed by atoms with van der Waals surface area (Å²) >= 11 is 0. The maximum Gasteiger partial charge on any atom is 0.421 e. The van der Waals surface area contributed by atoms with Crippen LogP contribution in [0.1, 0.15) is 18.9 Å². The van der Waals surface area contributed by atoms with Crippen molar-refractivity contribution in [3.05, 3.63) is 48.2 Å². The summed E-state index contributed by atoms with van der Waals surface area (Å²) in [5.41, 5.74) is 3.42. The van der Waals surface area contributed by atoms with Gasteiger partial charge in [0.05, 0.1) is 4.90 Å². The second-order valence-electron chi connectivity index (χ2n) is 4.14. The molecule has 1 N–H and O–H groups in total. The average Bonchev–Trinajstić information content (AvgIpc) is 2.38. The Hall–Kier alpha value is -2.04. The largest absolute Gasteiger partial charge is 0.441 e. The number of hydrogen-bond donors (Lipinski definition) is 1. The van der Waals surface area contributed by atoms with Gasteiger partial charge in [-0.05, 0) is 31.6 Å². The molecule has 0 aromatic heterocycles. The first-order chi connectivity index (χ1) is 9.39.